The normalized spacial score (nSPS) is 28.9. The van der Waals surface area contributed by atoms with Crippen LogP contribution in [0.1, 0.15) is 70.4 Å². The Labute approximate surface area is 295 Å². The summed E-state index contributed by atoms with van der Waals surface area (Å²) in [5.74, 6) is -3.31. The lowest BCUT2D eigenvalue weighted by Gasteiger charge is -2.30. The zero-order valence-corrected chi connectivity index (χ0v) is 29.6. The van der Waals surface area contributed by atoms with E-state index in [1.54, 1.807) is 39.0 Å². The van der Waals surface area contributed by atoms with Gasteiger partial charge in [0.05, 0.1) is 24.9 Å². The predicted octanol–water partition coefficient (Wildman–Crippen LogP) is 1.99. The molecule has 2 saturated carbocycles. The van der Waals surface area contributed by atoms with Gasteiger partial charge in [0, 0.05) is 31.1 Å². The van der Waals surface area contributed by atoms with Crippen molar-refractivity contribution in [3.63, 3.8) is 0 Å². The molecule has 17 heteroatoms. The van der Waals surface area contributed by atoms with Gasteiger partial charge >= 0.3 is 12.2 Å². The Morgan fingerprint density at radius 2 is 1.90 bits per heavy atom. The molecule has 0 aromatic heterocycles. The summed E-state index contributed by atoms with van der Waals surface area (Å²) in [5, 5.41) is 4.62. The first-order valence-corrected chi connectivity index (χ1v) is 18.8. The highest BCUT2D eigenvalue weighted by atomic mass is 32.2. The Balaban J connectivity index is 1.25. The van der Waals surface area contributed by atoms with E-state index in [9.17, 15) is 36.8 Å². The third-order valence-corrected chi connectivity index (χ3v) is 11.4. The summed E-state index contributed by atoms with van der Waals surface area (Å²) in [7, 11) is -3.94. The van der Waals surface area contributed by atoms with Crippen LogP contribution < -0.4 is 15.4 Å². The number of allylic oxidation sites excluding steroid dienone is 1. The fourth-order valence-electron chi connectivity index (χ4n) is 6.66. The van der Waals surface area contributed by atoms with Crippen molar-refractivity contribution >= 4 is 39.9 Å². The topological polar surface area (TPSA) is 190 Å². The lowest BCUT2D eigenvalue weighted by Crippen LogP contribution is -2.59. The lowest BCUT2D eigenvalue weighted by molar-refractivity contribution is -0.142. The maximum Gasteiger partial charge on any atom is 0.410 e. The Hall–Kier alpha value is -4.25. The van der Waals surface area contributed by atoms with Crippen molar-refractivity contribution in [2.45, 2.75) is 107 Å². The second-order valence-electron chi connectivity index (χ2n) is 14.8. The molecule has 0 bridgehead atoms. The molecule has 0 unspecified atom stereocenters. The van der Waals surface area contributed by atoms with E-state index in [1.807, 2.05) is 6.08 Å². The molecule has 15 nitrogen and oxygen atoms in total. The molecule has 278 valence electrons. The van der Waals surface area contributed by atoms with Crippen LogP contribution in [0, 0.1) is 11.7 Å². The minimum Gasteiger partial charge on any atom is -0.444 e. The van der Waals surface area contributed by atoms with E-state index in [2.05, 4.69) is 15.4 Å². The number of halogens is 1. The molecule has 5 atom stereocenters. The van der Waals surface area contributed by atoms with Crippen LogP contribution in [0.25, 0.3) is 0 Å². The molecule has 1 saturated heterocycles. The van der Waals surface area contributed by atoms with Crippen molar-refractivity contribution in [1.82, 2.24) is 25.2 Å². The van der Waals surface area contributed by atoms with Crippen molar-refractivity contribution in [3.8, 4) is 0 Å². The number of sulfonamides is 1. The number of rotatable bonds is 5. The third-order valence-electron chi connectivity index (χ3n) is 9.57. The van der Waals surface area contributed by atoms with Crippen molar-refractivity contribution in [2.24, 2.45) is 5.92 Å². The second kappa shape index (κ2) is 14.1. The van der Waals surface area contributed by atoms with Crippen LogP contribution in [0.5, 0.6) is 0 Å². The third kappa shape index (κ3) is 8.29. The van der Waals surface area contributed by atoms with Crippen LogP contribution >= 0.6 is 0 Å². The Morgan fingerprint density at radius 3 is 2.61 bits per heavy atom. The quantitative estimate of drug-likeness (QED) is 0.378. The number of nitrogens with zero attached hydrogens (tertiary/aromatic N) is 2. The van der Waals surface area contributed by atoms with Crippen LogP contribution in [0.3, 0.4) is 0 Å². The molecule has 6 rings (SSSR count). The van der Waals surface area contributed by atoms with Gasteiger partial charge in [-0.05, 0) is 64.5 Å². The number of carbonyl (C=O) groups excluding carboxylic acids is 5. The minimum atomic E-state index is -3.94. The Morgan fingerprint density at radius 1 is 1.14 bits per heavy atom. The van der Waals surface area contributed by atoms with Gasteiger partial charge in [0.15, 0.2) is 0 Å². The largest absolute Gasteiger partial charge is 0.444 e. The minimum absolute atomic E-state index is 0.0182. The molecule has 3 aliphatic heterocycles. The molecule has 2 aliphatic carbocycles. The van der Waals surface area contributed by atoms with Crippen LogP contribution in [0.2, 0.25) is 0 Å². The first kappa shape index (κ1) is 36.5. The highest BCUT2D eigenvalue weighted by molar-refractivity contribution is 7.91. The van der Waals surface area contributed by atoms with Crippen molar-refractivity contribution in [1.29, 1.82) is 0 Å². The summed E-state index contributed by atoms with van der Waals surface area (Å²) in [5.41, 5.74) is -1.46. The summed E-state index contributed by atoms with van der Waals surface area (Å²) in [4.78, 5) is 70.5. The van der Waals surface area contributed by atoms with Crippen molar-refractivity contribution in [2.75, 3.05) is 19.8 Å². The van der Waals surface area contributed by atoms with Gasteiger partial charge in [0.2, 0.25) is 21.8 Å². The number of fused-ring (bicyclic) bond motifs is 3. The number of amides is 5. The summed E-state index contributed by atoms with van der Waals surface area (Å²) in [6.45, 7) is 4.81. The summed E-state index contributed by atoms with van der Waals surface area (Å²) >= 11 is 0. The van der Waals surface area contributed by atoms with Gasteiger partial charge in [-0.15, -0.1) is 0 Å². The second-order valence-corrected chi connectivity index (χ2v) is 16.7. The maximum absolute atomic E-state index is 14.4. The summed E-state index contributed by atoms with van der Waals surface area (Å²) in [6, 6.07) is 1.99. The summed E-state index contributed by atoms with van der Waals surface area (Å²) < 4.78 is 58.9. The van der Waals surface area contributed by atoms with E-state index >= 15 is 0 Å². The number of ether oxygens (including phenoxy) is 3. The molecule has 3 heterocycles. The average Bonchev–Trinajstić information content (AvgIpc) is 3.93. The van der Waals surface area contributed by atoms with Gasteiger partial charge in [-0.2, -0.15) is 0 Å². The van der Waals surface area contributed by atoms with Gasteiger partial charge in [-0.3, -0.25) is 24.0 Å². The number of carbonyl (C=O) groups is 5. The SMILES string of the molecule is CC(C)(C)OC(=O)N[C@H]1COCCC/C=C\[C@H]2C[C@@]2(C(=O)NS(=O)(=O)C2CC2)NC(=O)[C@@H]2C[C@@H](OC(=O)N3Cc4cccc(F)c4C3)CN2C1=O. The number of benzene rings is 1. The van der Waals surface area contributed by atoms with Gasteiger partial charge < -0.3 is 29.7 Å². The van der Waals surface area contributed by atoms with Crippen molar-refractivity contribution < 1.29 is 51.0 Å². The zero-order valence-electron chi connectivity index (χ0n) is 28.8. The molecule has 5 aliphatic rings. The van der Waals surface area contributed by atoms with Crippen LogP contribution in [-0.4, -0.2) is 102 Å². The molecule has 0 spiro atoms. The highest BCUT2D eigenvalue weighted by Gasteiger charge is 2.62. The van der Waals surface area contributed by atoms with Crippen LogP contribution in [0.15, 0.2) is 30.4 Å². The highest BCUT2D eigenvalue weighted by Crippen LogP contribution is 2.46. The van der Waals surface area contributed by atoms with Crippen LogP contribution in [-0.2, 0) is 51.7 Å². The van der Waals surface area contributed by atoms with Gasteiger partial charge in [0.25, 0.3) is 5.91 Å². The number of hydrogen-bond donors (Lipinski definition) is 3. The first-order chi connectivity index (χ1) is 24.1. The molecule has 5 amide bonds. The molecule has 1 aromatic carbocycles. The first-order valence-electron chi connectivity index (χ1n) is 17.2. The molecular weight excluding hydrogens is 689 g/mol. The van der Waals surface area contributed by atoms with E-state index in [-0.39, 0.29) is 45.7 Å². The average molecular weight is 734 g/mol. The van der Waals surface area contributed by atoms with E-state index in [1.165, 1.54) is 11.0 Å². The van der Waals surface area contributed by atoms with Gasteiger partial charge in [-0.1, -0.05) is 24.3 Å². The molecule has 51 heavy (non-hydrogen) atoms. The standard InChI is InChI=1S/C34H44FN5O10S/c1-33(2,3)50-31(44)36-26-19-48-13-6-4-5-9-21-15-34(21,30(43)38-51(46,47)23-11-12-23)37-28(41)27-14-22(17-40(27)29(26)42)49-32(45)39-16-20-8-7-10-25(35)24(20)18-39/h5,7-10,21-23,26-27H,4,6,11-19H2,1-3H3,(H,36,44)(H,37,41)(H,38,43)/b9-5-/t21-,22+,26-,27-,34+/m0/s1. The lowest BCUT2D eigenvalue weighted by atomic mass is 10.1. The van der Waals surface area contributed by atoms with Crippen LogP contribution in [0.4, 0.5) is 14.0 Å². The van der Waals surface area contributed by atoms with Gasteiger partial charge in [-0.25, -0.2) is 22.4 Å². The number of hydrogen-bond acceptors (Lipinski definition) is 10. The molecule has 0 radical (unpaired) electrons. The zero-order chi connectivity index (χ0) is 36.7. The fraction of sp³-hybridized carbons (Fsp3) is 0.618. The maximum atomic E-state index is 14.4. The number of alkyl carbamates (subject to hydrolysis) is 1. The van der Waals surface area contributed by atoms with E-state index in [0.29, 0.717) is 36.8 Å². The molecule has 3 N–H and O–H groups in total. The predicted molar refractivity (Wildman–Crippen MR) is 177 cm³/mol. The number of nitrogens with one attached hydrogen (secondary N) is 3. The summed E-state index contributed by atoms with van der Waals surface area (Å²) in [6.07, 6.45) is 2.83. The van der Waals surface area contributed by atoms with E-state index in [4.69, 9.17) is 14.2 Å². The molecule has 1 aromatic rings. The molecular formula is C34H44FN5O10S. The van der Waals surface area contributed by atoms with Gasteiger partial charge in [0.1, 0.15) is 35.1 Å². The van der Waals surface area contributed by atoms with Crippen molar-refractivity contribution in [3.05, 3.63) is 47.3 Å². The fourth-order valence-corrected chi connectivity index (χ4v) is 8.02. The monoisotopic (exact) mass is 733 g/mol. The Bertz CT molecular complexity index is 1730. The Kier molecular flexibility index (Phi) is 10.1. The smallest absolute Gasteiger partial charge is 0.410 e. The van der Waals surface area contributed by atoms with E-state index in [0.717, 1.165) is 4.90 Å². The molecule has 3 fully saturated rings. The van der Waals surface area contributed by atoms with E-state index < -0.39 is 86.2 Å².